The molecule has 0 fully saturated rings. The Labute approximate surface area is 118 Å². The quantitative estimate of drug-likeness (QED) is 0.706. The smallest absolute Gasteiger partial charge is 0 e. The molecule has 1 aliphatic carbocycles. The Balaban J connectivity index is -0.000000101. The minimum Gasteiger partial charge on any atom is -0.308 e. The van der Waals surface area contributed by atoms with Gasteiger partial charge >= 0.3 is 0 Å². The van der Waals surface area contributed by atoms with Crippen LogP contribution in [0.4, 0.5) is 0 Å². The van der Waals surface area contributed by atoms with Gasteiger partial charge in [-0.15, -0.1) is 43.6 Å². The number of hydrogen-bond donors (Lipinski definition) is 0. The van der Waals surface area contributed by atoms with Crippen LogP contribution in [0.3, 0.4) is 0 Å². The Hall–Kier alpha value is 1.19. The average Bonchev–Trinajstić information content (AvgIpc) is 2.15. The summed E-state index contributed by atoms with van der Waals surface area (Å²) in [7, 11) is 4.14. The van der Waals surface area contributed by atoms with Crippen molar-refractivity contribution in [3.8, 4) is 0 Å². The first-order chi connectivity index (χ1) is 4.29. The van der Waals surface area contributed by atoms with E-state index in [1.165, 1.54) is 5.57 Å². The first kappa shape index (κ1) is 23.8. The van der Waals surface area contributed by atoms with Crippen LogP contribution in [0, 0.1) is 6.08 Å². The van der Waals surface area contributed by atoms with Crippen LogP contribution in [0.15, 0.2) is 17.7 Å². The van der Waals surface area contributed by atoms with Crippen molar-refractivity contribution >= 4 is 37.2 Å². The predicted octanol–water partition coefficient (Wildman–Crippen LogP) is 2.50. The maximum absolute atomic E-state index is 3.25. The third-order valence-electron chi connectivity index (χ3n) is 1.25. The summed E-state index contributed by atoms with van der Waals surface area (Å²) in [4.78, 5) is 2.15. The molecule has 13 heavy (non-hydrogen) atoms. The number of nitrogens with zero attached hydrogens (tertiary/aromatic N) is 1. The van der Waals surface area contributed by atoms with Crippen molar-refractivity contribution in [1.82, 2.24) is 4.90 Å². The van der Waals surface area contributed by atoms with E-state index < -0.39 is 0 Å². The van der Waals surface area contributed by atoms with Crippen molar-refractivity contribution in [2.75, 3.05) is 20.6 Å². The second-order valence-electron chi connectivity index (χ2n) is 2.55. The van der Waals surface area contributed by atoms with Crippen molar-refractivity contribution in [3.63, 3.8) is 0 Å². The number of allylic oxidation sites excluding steroid dienone is 2. The average molecular weight is 323 g/mol. The molecule has 0 saturated heterocycles. The van der Waals surface area contributed by atoms with Gasteiger partial charge in [0.2, 0.25) is 0 Å². The van der Waals surface area contributed by atoms with Crippen molar-refractivity contribution in [2.24, 2.45) is 0 Å². The third kappa shape index (κ3) is 11.1. The molecule has 0 aromatic rings. The van der Waals surface area contributed by atoms with Gasteiger partial charge in [-0.3, -0.25) is 6.08 Å². The van der Waals surface area contributed by atoms with Crippen LogP contribution in [0.1, 0.15) is 6.42 Å². The molecule has 0 radical (unpaired) electrons. The minimum atomic E-state index is 0. The van der Waals surface area contributed by atoms with Crippen LogP contribution in [-0.2, 0) is 26.2 Å². The molecule has 78 valence electrons. The number of hydrogen-bond acceptors (Lipinski definition) is 1. The summed E-state index contributed by atoms with van der Waals surface area (Å²) in [6.07, 6.45) is 8.53. The molecule has 1 aliphatic rings. The fourth-order valence-electron chi connectivity index (χ4n) is 0.899. The summed E-state index contributed by atoms with van der Waals surface area (Å²) >= 11 is 0. The van der Waals surface area contributed by atoms with Gasteiger partial charge in [0.05, 0.1) is 0 Å². The van der Waals surface area contributed by atoms with Gasteiger partial charge in [-0.1, -0.05) is 0 Å². The van der Waals surface area contributed by atoms with Crippen molar-refractivity contribution < 1.29 is 26.2 Å². The van der Waals surface area contributed by atoms with Crippen molar-refractivity contribution in [3.05, 3.63) is 23.8 Å². The zero-order chi connectivity index (χ0) is 6.69. The molecule has 0 spiro atoms. The van der Waals surface area contributed by atoms with Crippen LogP contribution >= 0.6 is 37.2 Å². The Morgan fingerprint density at radius 1 is 1.31 bits per heavy atom. The molecule has 0 aliphatic heterocycles. The molecule has 0 unspecified atom stereocenters. The topological polar surface area (TPSA) is 3.24 Å². The normalized spacial score (nSPS) is 11.8. The number of halogens is 3. The monoisotopic (exact) mass is 320 g/mol. The first-order valence-electron chi connectivity index (χ1n) is 3.20. The zero-order valence-electron chi connectivity index (χ0n) is 7.74. The van der Waals surface area contributed by atoms with Gasteiger partial charge in [-0.25, -0.2) is 11.6 Å². The van der Waals surface area contributed by atoms with E-state index in [0.717, 1.165) is 13.0 Å². The molecule has 0 bridgehead atoms. The number of likely N-dealkylation sites (N-methyl/N-ethyl adjacent to an activating group) is 1. The molecule has 0 amide bonds. The SMILES string of the molecule is CN(C)CC1=[C-]CC=C1.Cl.Cl.Cl.[Zr]. The van der Waals surface area contributed by atoms with Gasteiger partial charge in [0, 0.05) is 26.2 Å². The molecule has 0 atom stereocenters. The standard InChI is InChI=1S/C8H12N.3ClH.Zr/c1-9(2)7-8-5-3-4-6-8;;;;/h3,5H,4,7H2,1-2H3;3*1H;/q-1;;;;. The van der Waals surface area contributed by atoms with Crippen LogP contribution in [-0.4, -0.2) is 25.5 Å². The van der Waals surface area contributed by atoms with Gasteiger partial charge in [0.1, 0.15) is 0 Å². The molecule has 1 rings (SSSR count). The van der Waals surface area contributed by atoms with E-state index in [2.05, 4.69) is 37.2 Å². The van der Waals surface area contributed by atoms with Crippen LogP contribution in [0.2, 0.25) is 0 Å². The molecule has 0 N–H and O–H groups in total. The Kier molecular flexibility index (Phi) is 24.1. The van der Waals surface area contributed by atoms with Crippen LogP contribution < -0.4 is 0 Å². The van der Waals surface area contributed by atoms with Crippen LogP contribution in [0.5, 0.6) is 0 Å². The Bertz CT molecular complexity index is 157. The van der Waals surface area contributed by atoms with E-state index in [4.69, 9.17) is 0 Å². The summed E-state index contributed by atoms with van der Waals surface area (Å²) in [6, 6.07) is 0. The van der Waals surface area contributed by atoms with E-state index in [1.54, 1.807) is 0 Å². The fraction of sp³-hybridized carbons (Fsp3) is 0.500. The maximum Gasteiger partial charge on any atom is 0 e. The van der Waals surface area contributed by atoms with E-state index in [9.17, 15) is 0 Å². The molecular formula is C8H15Cl3NZr-. The summed E-state index contributed by atoms with van der Waals surface area (Å²) in [5.74, 6) is 0. The van der Waals surface area contributed by atoms with E-state index in [1.807, 2.05) is 0 Å². The molecule has 0 saturated carbocycles. The molecular weight excluding hydrogens is 308 g/mol. The minimum absolute atomic E-state index is 0. The van der Waals surface area contributed by atoms with Gasteiger partial charge < -0.3 is 4.90 Å². The predicted molar refractivity (Wildman–Crippen MR) is 60.8 cm³/mol. The van der Waals surface area contributed by atoms with Gasteiger partial charge in [0.25, 0.3) is 0 Å². The molecule has 0 aromatic carbocycles. The van der Waals surface area contributed by atoms with E-state index in [0.29, 0.717) is 0 Å². The summed E-state index contributed by atoms with van der Waals surface area (Å²) < 4.78 is 0. The van der Waals surface area contributed by atoms with Crippen molar-refractivity contribution in [2.45, 2.75) is 6.42 Å². The largest absolute Gasteiger partial charge is 0.308 e. The van der Waals surface area contributed by atoms with Gasteiger partial charge in [0.15, 0.2) is 0 Å². The van der Waals surface area contributed by atoms with Gasteiger partial charge in [-0.2, -0.15) is 6.08 Å². The van der Waals surface area contributed by atoms with Gasteiger partial charge in [-0.05, 0) is 20.6 Å². The molecule has 0 heterocycles. The molecule has 1 nitrogen and oxygen atoms in total. The fourth-order valence-corrected chi connectivity index (χ4v) is 0.899. The maximum atomic E-state index is 3.25. The molecule has 5 heteroatoms. The zero-order valence-corrected chi connectivity index (χ0v) is 12.6. The molecule has 0 aromatic heterocycles. The third-order valence-corrected chi connectivity index (χ3v) is 1.25. The second-order valence-corrected chi connectivity index (χ2v) is 2.55. The summed E-state index contributed by atoms with van der Waals surface area (Å²) in [5.41, 5.74) is 1.32. The van der Waals surface area contributed by atoms with E-state index >= 15 is 0 Å². The van der Waals surface area contributed by atoms with Crippen molar-refractivity contribution in [1.29, 1.82) is 0 Å². The Morgan fingerprint density at radius 2 is 1.85 bits per heavy atom. The Morgan fingerprint density at radius 3 is 2.15 bits per heavy atom. The summed E-state index contributed by atoms with van der Waals surface area (Å²) in [6.45, 7) is 1.02. The summed E-state index contributed by atoms with van der Waals surface area (Å²) in [5, 5.41) is 0. The second kappa shape index (κ2) is 13.2. The first-order valence-corrected chi connectivity index (χ1v) is 3.20. The number of rotatable bonds is 2. The van der Waals surface area contributed by atoms with E-state index in [-0.39, 0.29) is 63.4 Å². The van der Waals surface area contributed by atoms with Crippen LogP contribution in [0.25, 0.3) is 0 Å².